The Balaban J connectivity index is 0.00000122. The van der Waals surface area contributed by atoms with E-state index in [4.69, 9.17) is 0 Å². The quantitative estimate of drug-likeness (QED) is 0.112. The molecule has 2 N–H and O–H groups in total. The van der Waals surface area contributed by atoms with Crippen molar-refractivity contribution in [2.24, 2.45) is 11.8 Å². The first-order valence-corrected chi connectivity index (χ1v) is 19.0. The van der Waals surface area contributed by atoms with Crippen molar-refractivity contribution in [1.29, 1.82) is 0 Å². The minimum absolute atomic E-state index is 0.00367. The summed E-state index contributed by atoms with van der Waals surface area (Å²) in [6.07, 6.45) is 16.1. The molecule has 0 saturated carbocycles. The van der Waals surface area contributed by atoms with E-state index in [1.54, 1.807) is 8.87 Å². The molecule has 0 spiro atoms. The van der Waals surface area contributed by atoms with Crippen LogP contribution in [0.1, 0.15) is 150 Å². The molecule has 0 fully saturated rings. The average molecular weight is 624 g/mol. The van der Waals surface area contributed by atoms with Crippen LogP contribution in [0.5, 0.6) is 0 Å². The van der Waals surface area contributed by atoms with Crippen LogP contribution in [-0.4, -0.2) is 43.3 Å². The van der Waals surface area contributed by atoms with Crippen LogP contribution in [0.2, 0.25) is 8.87 Å². The summed E-state index contributed by atoms with van der Waals surface area (Å²) in [5.74, 6) is -0.917. The first-order chi connectivity index (χ1) is 17.6. The minimum atomic E-state index is -1.16. The average Bonchev–Trinajstić information content (AvgIpc) is 2.83. The molecular weight excluding hydrogens is 567 g/mol. The van der Waals surface area contributed by atoms with Crippen LogP contribution in [0, 0.1) is 11.8 Å². The van der Waals surface area contributed by atoms with Crippen molar-refractivity contribution in [1.82, 2.24) is 0 Å². The molecule has 0 aromatic heterocycles. The Bertz CT molecular complexity index is 737. The van der Waals surface area contributed by atoms with Gasteiger partial charge in [-0.3, -0.25) is 0 Å². The van der Waals surface area contributed by atoms with Crippen molar-refractivity contribution in [3.05, 3.63) is 34.4 Å². The molecule has 4 nitrogen and oxygen atoms in total. The first kappa shape index (κ1) is 36.0. The number of carboxylic acid groups (broad SMARTS) is 2. The van der Waals surface area contributed by atoms with Crippen molar-refractivity contribution in [2.75, 3.05) is 0 Å². The molecule has 212 valence electrons. The molecule has 0 bridgehead atoms. The van der Waals surface area contributed by atoms with Crippen LogP contribution >= 0.6 is 0 Å². The van der Waals surface area contributed by atoms with Gasteiger partial charge in [0, 0.05) is 0 Å². The molecule has 0 aliphatic rings. The molecule has 1 aromatic rings. The van der Waals surface area contributed by atoms with Gasteiger partial charge in [0.2, 0.25) is 0 Å². The number of hydrogen-bond donors (Lipinski definition) is 2. The fourth-order valence-electron chi connectivity index (χ4n) is 4.44. The topological polar surface area (TPSA) is 74.6 Å². The number of carboxylic acids is 2. The van der Waals surface area contributed by atoms with Gasteiger partial charge in [-0.15, -0.1) is 0 Å². The summed E-state index contributed by atoms with van der Waals surface area (Å²) in [4.78, 5) is 23.4. The summed E-state index contributed by atoms with van der Waals surface area (Å²) in [5.41, 5.74) is 1.65. The molecule has 0 atom stereocenters. The molecule has 0 unspecified atom stereocenters. The Labute approximate surface area is 238 Å². The third kappa shape index (κ3) is 18.0. The fourth-order valence-corrected chi connectivity index (χ4v) is 8.60. The van der Waals surface area contributed by atoms with E-state index in [1.165, 1.54) is 51.0 Å². The van der Waals surface area contributed by atoms with Gasteiger partial charge >= 0.3 is 81.5 Å². The second kappa shape index (κ2) is 22.9. The predicted molar refractivity (Wildman–Crippen MR) is 160 cm³/mol. The van der Waals surface area contributed by atoms with Crippen LogP contribution < -0.4 is 0 Å². The monoisotopic (exact) mass is 624 g/mol. The number of benzene rings is 1. The van der Waals surface area contributed by atoms with Crippen LogP contribution in [-0.2, 0) is 12.8 Å². The van der Waals surface area contributed by atoms with E-state index in [9.17, 15) is 19.8 Å². The van der Waals surface area contributed by atoms with E-state index in [0.29, 0.717) is 18.3 Å². The van der Waals surface area contributed by atoms with Crippen molar-refractivity contribution >= 4 is 33.1 Å². The van der Waals surface area contributed by atoms with Gasteiger partial charge in [0.25, 0.3) is 0 Å². The molecule has 1 rings (SSSR count). The molecule has 2 radical (unpaired) electrons. The summed E-state index contributed by atoms with van der Waals surface area (Å²) < 4.78 is 3.25. The second-order valence-corrected chi connectivity index (χ2v) is 15.5. The molecule has 5 heteroatoms. The second-order valence-electron chi connectivity index (χ2n) is 11.2. The Morgan fingerprint density at radius 1 is 0.703 bits per heavy atom. The number of aryl methyl sites for hydroxylation is 1. The Kier molecular flexibility index (Phi) is 22.3. The van der Waals surface area contributed by atoms with Crippen molar-refractivity contribution in [3.8, 4) is 0 Å². The molecule has 0 amide bonds. The maximum absolute atomic E-state index is 11.9. The van der Waals surface area contributed by atoms with Crippen LogP contribution in [0.4, 0.5) is 0 Å². The zero-order valence-electron chi connectivity index (χ0n) is 24.8. The van der Waals surface area contributed by atoms with Gasteiger partial charge in [0.05, 0.1) is 11.1 Å². The number of unbranched alkanes of at least 4 members (excludes halogenated alkanes) is 6. The van der Waals surface area contributed by atoms with Gasteiger partial charge in [0.1, 0.15) is 0 Å². The van der Waals surface area contributed by atoms with Gasteiger partial charge in [-0.05, 0) is 54.7 Å². The van der Waals surface area contributed by atoms with Crippen molar-refractivity contribution < 1.29 is 19.8 Å². The third-order valence-corrected chi connectivity index (χ3v) is 10.7. The van der Waals surface area contributed by atoms with E-state index in [2.05, 4.69) is 41.5 Å². The van der Waals surface area contributed by atoms with Gasteiger partial charge in [-0.2, -0.15) is 0 Å². The maximum atomic E-state index is 11.9. The first-order valence-electron chi connectivity index (χ1n) is 15.0. The summed E-state index contributed by atoms with van der Waals surface area (Å²) in [5, 5.41) is 19.1. The number of hydrogen-bond acceptors (Lipinski definition) is 2. The summed E-state index contributed by atoms with van der Waals surface area (Å²) in [7, 11) is 0. The van der Waals surface area contributed by atoms with Crippen LogP contribution in [0.3, 0.4) is 0 Å². The van der Waals surface area contributed by atoms with E-state index in [0.717, 1.165) is 49.7 Å². The number of rotatable bonds is 20. The van der Waals surface area contributed by atoms with Crippen LogP contribution in [0.25, 0.3) is 0 Å². The van der Waals surface area contributed by atoms with Crippen molar-refractivity contribution in [3.63, 3.8) is 0 Å². The van der Waals surface area contributed by atoms with E-state index in [-0.39, 0.29) is 32.3 Å². The predicted octanol–water partition coefficient (Wildman–Crippen LogP) is 9.73. The van der Waals surface area contributed by atoms with Gasteiger partial charge in [-0.25, -0.2) is 9.59 Å². The zero-order valence-corrected chi connectivity index (χ0v) is 27.7. The van der Waals surface area contributed by atoms with Gasteiger partial charge in [-0.1, -0.05) is 72.3 Å². The molecule has 0 heterocycles. The normalized spacial score (nSPS) is 11.0. The van der Waals surface area contributed by atoms with E-state index in [1.807, 2.05) is 6.07 Å². The number of aromatic carboxylic acids is 2. The molecular formula is C32H56O4Sn. The molecule has 37 heavy (non-hydrogen) atoms. The van der Waals surface area contributed by atoms with Gasteiger partial charge in [0.15, 0.2) is 0 Å². The Morgan fingerprint density at radius 2 is 1.22 bits per heavy atom. The third-order valence-electron chi connectivity index (χ3n) is 6.70. The summed E-state index contributed by atoms with van der Waals surface area (Å²) in [6.45, 7) is 13.4. The van der Waals surface area contributed by atoms with Crippen LogP contribution in [0.15, 0.2) is 12.1 Å². The number of carbonyl (C=O) groups is 2. The van der Waals surface area contributed by atoms with E-state index < -0.39 is 11.9 Å². The Morgan fingerprint density at radius 3 is 1.65 bits per heavy atom. The zero-order chi connectivity index (χ0) is 28.1. The van der Waals surface area contributed by atoms with Crippen molar-refractivity contribution in [2.45, 2.75) is 140 Å². The fraction of sp³-hybridized carbons (Fsp3) is 0.750. The summed E-state index contributed by atoms with van der Waals surface area (Å²) >= 11 is 0.149. The standard InChI is InChI=1S/C24H38O4.2C4H9.Sn/c1-17(2)11-7-5-9-13-19-15-16-21(23(25)26)22(24(27)28)20(19)14-10-6-8-12-18(3)4;2*1-3-4-2;/h15-18H,5-14H2,1-4H3,(H,25,26)(H,27,28);2*1,3-4H2,2H3;. The molecule has 0 saturated heterocycles. The Hall–Kier alpha value is -1.04. The van der Waals surface area contributed by atoms with E-state index >= 15 is 0 Å². The molecule has 1 aromatic carbocycles. The summed E-state index contributed by atoms with van der Waals surface area (Å²) in [6, 6.07) is 3.30. The molecule has 0 aliphatic heterocycles. The van der Waals surface area contributed by atoms with Gasteiger partial charge < -0.3 is 10.2 Å². The molecule has 0 aliphatic carbocycles. The SMILES string of the molecule is CC(C)CCCCCc1ccc(C(=O)O)c(C(=O)O)c1CCCCCC(C)C.CCC[CH2][Sn][CH2]CCC.